The van der Waals surface area contributed by atoms with Crippen LogP contribution in [0.2, 0.25) is 0 Å². The highest BCUT2D eigenvalue weighted by molar-refractivity contribution is 7.91. The van der Waals surface area contributed by atoms with Gasteiger partial charge in [-0.05, 0) is 37.6 Å². The standard InChI is InChI=1S/C23H26N4O3S/c1-17-22(18(2)27(25-17)16-19-7-4-3-5-8-19)23(28)24-20-9-6-10-21(15-20)26-11-13-31(29,30)14-12-26/h3-10,15H,11-14,16H2,1-2H3,(H,24,28). The van der Waals surface area contributed by atoms with E-state index in [9.17, 15) is 13.2 Å². The maximum absolute atomic E-state index is 13.0. The number of aromatic nitrogens is 2. The van der Waals surface area contributed by atoms with Crippen molar-refractivity contribution in [3.8, 4) is 0 Å². The lowest BCUT2D eigenvalue weighted by Crippen LogP contribution is -2.40. The molecule has 1 aliphatic heterocycles. The van der Waals surface area contributed by atoms with Crippen LogP contribution >= 0.6 is 0 Å². The third-order valence-electron chi connectivity index (χ3n) is 5.60. The van der Waals surface area contributed by atoms with E-state index >= 15 is 0 Å². The van der Waals surface area contributed by atoms with E-state index in [0.717, 1.165) is 16.9 Å². The van der Waals surface area contributed by atoms with Crippen molar-refractivity contribution in [2.24, 2.45) is 0 Å². The average molecular weight is 439 g/mol. The van der Waals surface area contributed by atoms with Gasteiger partial charge in [-0.1, -0.05) is 36.4 Å². The van der Waals surface area contributed by atoms with Gasteiger partial charge < -0.3 is 10.2 Å². The number of sulfone groups is 1. The fraction of sp³-hybridized carbons (Fsp3) is 0.304. The quantitative estimate of drug-likeness (QED) is 0.662. The zero-order chi connectivity index (χ0) is 22.0. The highest BCUT2D eigenvalue weighted by Gasteiger charge is 2.23. The van der Waals surface area contributed by atoms with Crippen molar-refractivity contribution in [2.45, 2.75) is 20.4 Å². The van der Waals surface area contributed by atoms with E-state index < -0.39 is 9.84 Å². The summed E-state index contributed by atoms with van der Waals surface area (Å²) in [5, 5.41) is 7.54. The van der Waals surface area contributed by atoms with E-state index in [0.29, 0.717) is 36.6 Å². The van der Waals surface area contributed by atoms with Crippen LogP contribution in [0, 0.1) is 13.8 Å². The maximum Gasteiger partial charge on any atom is 0.259 e. The van der Waals surface area contributed by atoms with Crippen LogP contribution in [0.5, 0.6) is 0 Å². The van der Waals surface area contributed by atoms with Crippen LogP contribution < -0.4 is 10.2 Å². The Hall–Kier alpha value is -3.13. The summed E-state index contributed by atoms with van der Waals surface area (Å²) in [6.45, 7) is 5.28. The van der Waals surface area contributed by atoms with Gasteiger partial charge in [-0.2, -0.15) is 5.10 Å². The summed E-state index contributed by atoms with van der Waals surface area (Å²) in [5.41, 5.74) is 4.77. The third-order valence-corrected chi connectivity index (χ3v) is 7.21. The molecule has 1 N–H and O–H groups in total. The summed E-state index contributed by atoms with van der Waals surface area (Å²) in [6, 6.07) is 17.5. The Balaban J connectivity index is 1.50. The molecule has 0 aliphatic carbocycles. The molecule has 1 aromatic heterocycles. The number of hydrogen-bond acceptors (Lipinski definition) is 5. The van der Waals surface area contributed by atoms with Gasteiger partial charge in [-0.25, -0.2) is 8.42 Å². The van der Waals surface area contributed by atoms with E-state index in [-0.39, 0.29) is 17.4 Å². The summed E-state index contributed by atoms with van der Waals surface area (Å²) < 4.78 is 25.2. The van der Waals surface area contributed by atoms with Gasteiger partial charge >= 0.3 is 0 Å². The summed E-state index contributed by atoms with van der Waals surface area (Å²) >= 11 is 0. The lowest BCUT2D eigenvalue weighted by molar-refractivity contribution is 0.102. The summed E-state index contributed by atoms with van der Waals surface area (Å²) in [6.07, 6.45) is 0. The number of aryl methyl sites for hydroxylation is 1. The van der Waals surface area contributed by atoms with Crippen LogP contribution in [0.3, 0.4) is 0 Å². The van der Waals surface area contributed by atoms with Crippen molar-refractivity contribution in [3.05, 3.63) is 77.1 Å². The number of amides is 1. The van der Waals surface area contributed by atoms with E-state index in [2.05, 4.69) is 10.4 Å². The predicted molar refractivity (Wildman–Crippen MR) is 123 cm³/mol. The minimum atomic E-state index is -2.94. The molecule has 0 radical (unpaired) electrons. The molecule has 0 atom stereocenters. The van der Waals surface area contributed by atoms with Crippen LogP contribution in [-0.4, -0.2) is 48.7 Å². The minimum absolute atomic E-state index is 0.155. The first-order chi connectivity index (χ1) is 14.8. The van der Waals surface area contributed by atoms with Crippen molar-refractivity contribution >= 4 is 27.1 Å². The molecule has 2 aromatic carbocycles. The van der Waals surface area contributed by atoms with Crippen molar-refractivity contribution < 1.29 is 13.2 Å². The average Bonchev–Trinajstić information content (AvgIpc) is 3.02. The molecule has 2 heterocycles. The van der Waals surface area contributed by atoms with Gasteiger partial charge in [0.15, 0.2) is 9.84 Å². The Bertz CT molecular complexity index is 1190. The molecular weight excluding hydrogens is 412 g/mol. The summed E-state index contributed by atoms with van der Waals surface area (Å²) in [4.78, 5) is 15.1. The first-order valence-electron chi connectivity index (χ1n) is 10.3. The molecule has 0 unspecified atom stereocenters. The zero-order valence-corrected chi connectivity index (χ0v) is 18.5. The normalized spacial score (nSPS) is 15.6. The second kappa shape index (κ2) is 8.55. The number of carbonyl (C=O) groups excluding carboxylic acids is 1. The Morgan fingerprint density at radius 3 is 2.45 bits per heavy atom. The second-order valence-electron chi connectivity index (χ2n) is 7.83. The fourth-order valence-corrected chi connectivity index (χ4v) is 5.08. The van der Waals surface area contributed by atoms with Crippen molar-refractivity contribution in [2.75, 3.05) is 34.8 Å². The fourth-order valence-electron chi connectivity index (χ4n) is 3.88. The number of anilines is 2. The van der Waals surface area contributed by atoms with Crippen LogP contribution in [0.15, 0.2) is 54.6 Å². The Morgan fingerprint density at radius 1 is 1.03 bits per heavy atom. The van der Waals surface area contributed by atoms with Crippen LogP contribution in [0.1, 0.15) is 27.3 Å². The predicted octanol–water partition coefficient (Wildman–Crippen LogP) is 3.04. The highest BCUT2D eigenvalue weighted by atomic mass is 32.2. The monoisotopic (exact) mass is 438 g/mol. The molecule has 1 saturated heterocycles. The van der Waals surface area contributed by atoms with Gasteiger partial charge in [0, 0.05) is 30.2 Å². The topological polar surface area (TPSA) is 84.3 Å². The molecule has 3 aromatic rings. The SMILES string of the molecule is Cc1nn(Cc2ccccc2)c(C)c1C(=O)Nc1cccc(N2CCS(=O)(=O)CC2)c1. The Labute approximate surface area is 182 Å². The number of nitrogens with one attached hydrogen (secondary N) is 1. The lowest BCUT2D eigenvalue weighted by atomic mass is 10.1. The minimum Gasteiger partial charge on any atom is -0.369 e. The molecule has 31 heavy (non-hydrogen) atoms. The molecule has 0 bridgehead atoms. The van der Waals surface area contributed by atoms with E-state index in [1.165, 1.54) is 0 Å². The Kier molecular flexibility index (Phi) is 5.82. The number of benzene rings is 2. The summed E-state index contributed by atoms with van der Waals surface area (Å²) in [5.74, 6) is 0.109. The van der Waals surface area contributed by atoms with Gasteiger partial charge in [0.25, 0.3) is 5.91 Å². The van der Waals surface area contributed by atoms with Gasteiger partial charge in [-0.15, -0.1) is 0 Å². The van der Waals surface area contributed by atoms with Crippen molar-refractivity contribution in [1.82, 2.24) is 9.78 Å². The maximum atomic E-state index is 13.0. The first-order valence-corrected chi connectivity index (χ1v) is 12.1. The van der Waals surface area contributed by atoms with Crippen molar-refractivity contribution in [1.29, 1.82) is 0 Å². The summed E-state index contributed by atoms with van der Waals surface area (Å²) in [7, 11) is -2.94. The van der Waals surface area contributed by atoms with E-state index in [4.69, 9.17) is 0 Å². The number of rotatable bonds is 5. The second-order valence-corrected chi connectivity index (χ2v) is 10.1. The van der Waals surface area contributed by atoms with Crippen molar-refractivity contribution in [3.63, 3.8) is 0 Å². The number of nitrogens with zero attached hydrogens (tertiary/aromatic N) is 3. The van der Waals surface area contributed by atoms with Gasteiger partial charge in [0.05, 0.1) is 29.3 Å². The smallest absolute Gasteiger partial charge is 0.259 e. The molecule has 1 fully saturated rings. The molecule has 4 rings (SSSR count). The molecule has 1 amide bonds. The van der Waals surface area contributed by atoms with Gasteiger partial charge in [-0.3, -0.25) is 9.48 Å². The van der Waals surface area contributed by atoms with Crippen LogP contribution in [-0.2, 0) is 16.4 Å². The lowest BCUT2D eigenvalue weighted by Gasteiger charge is -2.29. The van der Waals surface area contributed by atoms with E-state index in [1.807, 2.05) is 78.0 Å². The van der Waals surface area contributed by atoms with Gasteiger partial charge in [0.2, 0.25) is 0 Å². The molecule has 162 valence electrons. The highest BCUT2D eigenvalue weighted by Crippen LogP contribution is 2.23. The van der Waals surface area contributed by atoms with Crippen LogP contribution in [0.25, 0.3) is 0 Å². The number of hydrogen-bond donors (Lipinski definition) is 1. The third kappa shape index (κ3) is 4.80. The molecule has 0 spiro atoms. The molecular formula is C23H26N4O3S. The molecule has 7 nitrogen and oxygen atoms in total. The largest absolute Gasteiger partial charge is 0.369 e. The van der Waals surface area contributed by atoms with Crippen LogP contribution in [0.4, 0.5) is 11.4 Å². The number of carbonyl (C=O) groups is 1. The first kappa shape index (κ1) is 21.1. The zero-order valence-electron chi connectivity index (χ0n) is 17.7. The molecule has 0 saturated carbocycles. The Morgan fingerprint density at radius 2 is 1.74 bits per heavy atom. The van der Waals surface area contributed by atoms with E-state index in [1.54, 1.807) is 0 Å². The molecule has 8 heteroatoms. The van der Waals surface area contributed by atoms with Gasteiger partial charge in [0.1, 0.15) is 0 Å². The molecule has 1 aliphatic rings.